The molecule has 0 saturated heterocycles. The highest BCUT2D eigenvalue weighted by Crippen LogP contribution is 2.22. The average Bonchev–Trinajstić information content (AvgIpc) is 1.96. The molecule has 1 aromatic rings. The molecule has 0 fully saturated rings. The lowest BCUT2D eigenvalue weighted by atomic mass is 10.2. The number of nitrogens with two attached hydrogens (primary N) is 2. The van der Waals surface area contributed by atoms with E-state index in [2.05, 4.69) is 5.32 Å². The minimum absolute atomic E-state index is 0.0231. The minimum Gasteiger partial charge on any atom is -0.506 e. The first-order valence-electron chi connectivity index (χ1n) is 3.24. The van der Waals surface area contributed by atoms with Gasteiger partial charge in [0.15, 0.2) is 0 Å². The average molecular weight is 167 g/mol. The molecule has 1 rings (SSSR count). The molecule has 0 saturated carbocycles. The maximum atomic E-state index is 10.4. The lowest BCUT2D eigenvalue weighted by Crippen LogP contribution is -2.19. The summed E-state index contributed by atoms with van der Waals surface area (Å²) in [5.74, 6) is -0.0231. The van der Waals surface area contributed by atoms with E-state index in [0.717, 1.165) is 0 Å². The molecule has 0 unspecified atom stereocenters. The van der Waals surface area contributed by atoms with Crippen LogP contribution >= 0.6 is 0 Å². The van der Waals surface area contributed by atoms with E-state index in [1.165, 1.54) is 18.2 Å². The Hall–Kier alpha value is -1.91. The Morgan fingerprint density at radius 1 is 1.50 bits per heavy atom. The Morgan fingerprint density at radius 2 is 2.17 bits per heavy atom. The van der Waals surface area contributed by atoms with E-state index < -0.39 is 6.03 Å². The molecule has 6 N–H and O–H groups in total. The number of primary amides is 1. The van der Waals surface area contributed by atoms with Crippen LogP contribution in [0.15, 0.2) is 18.2 Å². The molecule has 5 nitrogen and oxygen atoms in total. The predicted molar refractivity (Wildman–Crippen MR) is 45.7 cm³/mol. The van der Waals surface area contributed by atoms with E-state index in [1.54, 1.807) is 0 Å². The topological polar surface area (TPSA) is 101 Å². The number of carbonyl (C=O) groups excluding carboxylic acids is 1. The van der Waals surface area contributed by atoms with Gasteiger partial charge in [0, 0.05) is 5.69 Å². The van der Waals surface area contributed by atoms with Crippen LogP contribution in [-0.4, -0.2) is 11.1 Å². The van der Waals surface area contributed by atoms with Gasteiger partial charge in [0.2, 0.25) is 0 Å². The summed E-state index contributed by atoms with van der Waals surface area (Å²) < 4.78 is 0. The summed E-state index contributed by atoms with van der Waals surface area (Å²) in [4.78, 5) is 10.4. The number of carbonyl (C=O) groups is 1. The fraction of sp³-hybridized carbons (Fsp3) is 0. The van der Waals surface area contributed by atoms with Crippen molar-refractivity contribution in [2.75, 3.05) is 11.1 Å². The number of rotatable bonds is 1. The van der Waals surface area contributed by atoms with Gasteiger partial charge in [-0.2, -0.15) is 0 Å². The van der Waals surface area contributed by atoms with E-state index in [0.29, 0.717) is 5.69 Å². The first-order chi connectivity index (χ1) is 5.59. The van der Waals surface area contributed by atoms with Crippen LogP contribution in [0, 0.1) is 0 Å². The molecule has 0 heterocycles. The van der Waals surface area contributed by atoms with Gasteiger partial charge in [-0.25, -0.2) is 4.79 Å². The van der Waals surface area contributed by atoms with Gasteiger partial charge >= 0.3 is 6.03 Å². The van der Waals surface area contributed by atoms with Gasteiger partial charge < -0.3 is 21.9 Å². The van der Waals surface area contributed by atoms with Crippen molar-refractivity contribution >= 4 is 17.4 Å². The SMILES string of the molecule is NC(=O)Nc1ccc(O)c(N)c1. The summed E-state index contributed by atoms with van der Waals surface area (Å²) in [5, 5.41) is 11.3. The molecular formula is C7H9N3O2. The van der Waals surface area contributed by atoms with Gasteiger partial charge in [0.1, 0.15) is 5.75 Å². The Morgan fingerprint density at radius 3 is 2.67 bits per heavy atom. The first kappa shape index (κ1) is 8.19. The third-order valence-corrected chi connectivity index (χ3v) is 1.30. The molecular weight excluding hydrogens is 158 g/mol. The molecule has 0 aliphatic rings. The lowest BCUT2D eigenvalue weighted by molar-refractivity contribution is 0.259. The quantitative estimate of drug-likeness (QED) is 0.277. The molecule has 0 spiro atoms. The van der Waals surface area contributed by atoms with Crippen molar-refractivity contribution in [3.05, 3.63) is 18.2 Å². The molecule has 0 aliphatic heterocycles. The number of benzene rings is 1. The summed E-state index contributed by atoms with van der Waals surface area (Å²) in [6.07, 6.45) is 0. The zero-order chi connectivity index (χ0) is 9.14. The van der Waals surface area contributed by atoms with E-state index in [1.807, 2.05) is 0 Å². The second-order valence-corrected chi connectivity index (χ2v) is 2.26. The first-order valence-corrected chi connectivity index (χ1v) is 3.24. The molecule has 0 atom stereocenters. The van der Waals surface area contributed by atoms with Crippen molar-refractivity contribution in [1.82, 2.24) is 0 Å². The summed E-state index contributed by atoms with van der Waals surface area (Å²) in [5.41, 5.74) is 10.9. The molecule has 5 heteroatoms. The number of nitrogen functional groups attached to an aromatic ring is 1. The van der Waals surface area contributed by atoms with Crippen LogP contribution in [-0.2, 0) is 0 Å². The lowest BCUT2D eigenvalue weighted by Gasteiger charge is -2.03. The van der Waals surface area contributed by atoms with Crippen molar-refractivity contribution in [2.24, 2.45) is 5.73 Å². The molecule has 12 heavy (non-hydrogen) atoms. The second kappa shape index (κ2) is 3.00. The number of urea groups is 1. The van der Waals surface area contributed by atoms with Crippen molar-refractivity contribution in [1.29, 1.82) is 0 Å². The maximum absolute atomic E-state index is 10.4. The van der Waals surface area contributed by atoms with Crippen LogP contribution in [0.25, 0.3) is 0 Å². The summed E-state index contributed by atoms with van der Waals surface area (Å²) >= 11 is 0. The third kappa shape index (κ3) is 1.79. The van der Waals surface area contributed by atoms with Gasteiger partial charge in [0.05, 0.1) is 5.69 Å². The summed E-state index contributed by atoms with van der Waals surface area (Å²) in [7, 11) is 0. The molecule has 64 valence electrons. The number of phenols is 1. The molecule has 0 radical (unpaired) electrons. The maximum Gasteiger partial charge on any atom is 0.316 e. The normalized spacial score (nSPS) is 9.33. The van der Waals surface area contributed by atoms with E-state index in [-0.39, 0.29) is 11.4 Å². The predicted octanol–water partition coefficient (Wildman–Crippen LogP) is 0.465. The molecule has 0 bridgehead atoms. The Labute approximate surface area is 69.0 Å². The van der Waals surface area contributed by atoms with Gasteiger partial charge in [-0.3, -0.25) is 0 Å². The fourth-order valence-corrected chi connectivity index (χ4v) is 0.775. The Balaban J connectivity index is 2.89. The van der Waals surface area contributed by atoms with Crippen molar-refractivity contribution in [2.45, 2.75) is 0 Å². The van der Waals surface area contributed by atoms with Gasteiger partial charge in [-0.05, 0) is 18.2 Å². The van der Waals surface area contributed by atoms with Gasteiger partial charge in [-0.15, -0.1) is 0 Å². The number of anilines is 2. The monoisotopic (exact) mass is 167 g/mol. The van der Waals surface area contributed by atoms with Crippen molar-refractivity contribution < 1.29 is 9.90 Å². The molecule has 0 aliphatic carbocycles. The van der Waals surface area contributed by atoms with Crippen LogP contribution in [0.1, 0.15) is 0 Å². The standard InChI is InChI=1S/C7H9N3O2/c8-5-3-4(10-7(9)12)1-2-6(5)11/h1-3,11H,8H2,(H3,9,10,12). The highest BCUT2D eigenvalue weighted by molar-refractivity contribution is 5.88. The number of nitrogens with one attached hydrogen (secondary N) is 1. The number of phenolic OH excluding ortho intramolecular Hbond substituents is 1. The zero-order valence-electron chi connectivity index (χ0n) is 6.24. The number of amides is 2. The zero-order valence-corrected chi connectivity index (χ0v) is 6.24. The van der Waals surface area contributed by atoms with E-state index in [9.17, 15) is 4.79 Å². The minimum atomic E-state index is -0.667. The highest BCUT2D eigenvalue weighted by atomic mass is 16.3. The molecule has 2 amide bonds. The largest absolute Gasteiger partial charge is 0.506 e. The number of hydrogen-bond donors (Lipinski definition) is 4. The van der Waals surface area contributed by atoms with Crippen LogP contribution in [0.4, 0.5) is 16.2 Å². The summed E-state index contributed by atoms with van der Waals surface area (Å²) in [6, 6.07) is 3.62. The van der Waals surface area contributed by atoms with E-state index in [4.69, 9.17) is 16.6 Å². The second-order valence-electron chi connectivity index (χ2n) is 2.26. The van der Waals surface area contributed by atoms with Crippen LogP contribution in [0.3, 0.4) is 0 Å². The smallest absolute Gasteiger partial charge is 0.316 e. The fourth-order valence-electron chi connectivity index (χ4n) is 0.775. The highest BCUT2D eigenvalue weighted by Gasteiger charge is 1.99. The van der Waals surface area contributed by atoms with Crippen molar-refractivity contribution in [3.8, 4) is 5.75 Å². The number of hydrogen-bond acceptors (Lipinski definition) is 3. The Kier molecular flexibility index (Phi) is 2.05. The van der Waals surface area contributed by atoms with Crippen LogP contribution in [0.2, 0.25) is 0 Å². The van der Waals surface area contributed by atoms with E-state index >= 15 is 0 Å². The summed E-state index contributed by atoms with van der Waals surface area (Å²) in [6.45, 7) is 0. The van der Waals surface area contributed by atoms with Crippen LogP contribution < -0.4 is 16.8 Å². The molecule has 0 aromatic heterocycles. The molecule has 1 aromatic carbocycles. The van der Waals surface area contributed by atoms with Crippen LogP contribution in [0.5, 0.6) is 5.75 Å². The third-order valence-electron chi connectivity index (χ3n) is 1.30. The Bertz CT molecular complexity index is 312. The van der Waals surface area contributed by atoms with Gasteiger partial charge in [-0.1, -0.05) is 0 Å². The van der Waals surface area contributed by atoms with Gasteiger partial charge in [0.25, 0.3) is 0 Å². The number of aromatic hydroxyl groups is 1. The van der Waals surface area contributed by atoms with Crippen molar-refractivity contribution in [3.63, 3.8) is 0 Å².